The van der Waals surface area contributed by atoms with Crippen molar-refractivity contribution in [2.24, 2.45) is 0 Å². The predicted molar refractivity (Wildman–Crippen MR) is 113 cm³/mol. The first-order valence-corrected chi connectivity index (χ1v) is 10.1. The summed E-state index contributed by atoms with van der Waals surface area (Å²) in [6.45, 7) is 0.857. The fraction of sp³-hybridized carbons (Fsp3) is 0.217. The van der Waals surface area contributed by atoms with Crippen LogP contribution in [-0.4, -0.2) is 27.2 Å². The molecule has 0 unspecified atom stereocenters. The highest BCUT2D eigenvalue weighted by atomic mass is 19.1. The number of para-hydroxylation sites is 1. The number of carbonyl (C=O) groups is 1. The topological polar surface area (TPSA) is 81.2 Å². The van der Waals surface area contributed by atoms with Crippen LogP contribution in [0.5, 0.6) is 0 Å². The van der Waals surface area contributed by atoms with Gasteiger partial charge in [-0.15, -0.1) is 0 Å². The summed E-state index contributed by atoms with van der Waals surface area (Å²) in [4.78, 5) is 31.9. The monoisotopic (exact) mass is 418 g/mol. The quantitative estimate of drug-likeness (QED) is 0.506. The van der Waals surface area contributed by atoms with E-state index < -0.39 is 0 Å². The summed E-state index contributed by atoms with van der Waals surface area (Å²) in [6.07, 6.45) is 3.40. The molecule has 0 saturated carbocycles. The Morgan fingerprint density at radius 1 is 1.13 bits per heavy atom. The zero-order valence-corrected chi connectivity index (χ0v) is 16.6. The van der Waals surface area contributed by atoms with Gasteiger partial charge in [-0.1, -0.05) is 23.4 Å². The zero-order valence-electron chi connectivity index (χ0n) is 16.6. The number of carbonyl (C=O) groups excluding carboxylic acids is 1. The highest BCUT2D eigenvalue weighted by Gasteiger charge is 2.22. The maximum atomic E-state index is 13.2. The van der Waals surface area contributed by atoms with Gasteiger partial charge < -0.3 is 9.42 Å². The number of amides is 1. The summed E-state index contributed by atoms with van der Waals surface area (Å²) >= 11 is 0. The Kier molecular flexibility index (Phi) is 4.82. The van der Waals surface area contributed by atoms with Gasteiger partial charge in [-0.3, -0.25) is 14.2 Å². The highest BCUT2D eigenvalue weighted by Crippen LogP contribution is 2.27. The molecule has 5 rings (SSSR count). The van der Waals surface area contributed by atoms with Crippen molar-refractivity contribution in [2.75, 3.05) is 11.4 Å². The lowest BCUT2D eigenvalue weighted by atomic mass is 10.0. The van der Waals surface area contributed by atoms with Crippen LogP contribution in [0.1, 0.15) is 18.4 Å². The lowest BCUT2D eigenvalue weighted by Crippen LogP contribution is -2.36. The second kappa shape index (κ2) is 7.79. The molecule has 8 heteroatoms. The summed E-state index contributed by atoms with van der Waals surface area (Å²) in [5.74, 6) is -0.423. The maximum Gasteiger partial charge on any atom is 0.266 e. The molecule has 2 aromatic heterocycles. The average molecular weight is 418 g/mol. The Hall–Kier alpha value is -3.81. The Bertz CT molecular complexity index is 1330. The minimum Gasteiger partial charge on any atom is -0.335 e. The standard InChI is InChI=1S/C23H19FN4O3/c24-17-9-7-16(8-10-17)21-20-22(31-26-21)25-14-27(23(20)30)13-11-19(29)28-12-3-5-15-4-1-2-6-18(15)28/h1-2,4,6-10,14H,3,5,11-13H2. The Morgan fingerprint density at radius 2 is 1.94 bits per heavy atom. The Morgan fingerprint density at radius 3 is 2.77 bits per heavy atom. The molecule has 1 aliphatic heterocycles. The molecule has 156 valence electrons. The molecule has 0 radical (unpaired) electrons. The first-order chi connectivity index (χ1) is 15.1. The summed E-state index contributed by atoms with van der Waals surface area (Å²) in [7, 11) is 0. The normalized spacial score (nSPS) is 13.4. The van der Waals surface area contributed by atoms with Gasteiger partial charge in [0.2, 0.25) is 5.91 Å². The number of anilines is 1. The van der Waals surface area contributed by atoms with E-state index in [1.165, 1.54) is 35.2 Å². The van der Waals surface area contributed by atoms with Crippen molar-refractivity contribution < 1.29 is 13.7 Å². The van der Waals surface area contributed by atoms with E-state index in [-0.39, 0.29) is 41.3 Å². The van der Waals surface area contributed by atoms with Crippen molar-refractivity contribution in [3.63, 3.8) is 0 Å². The lowest BCUT2D eigenvalue weighted by Gasteiger charge is -2.29. The number of aromatic nitrogens is 3. The first kappa shape index (κ1) is 19.2. The molecule has 0 aliphatic carbocycles. The third-order valence-corrected chi connectivity index (χ3v) is 5.56. The van der Waals surface area contributed by atoms with Crippen molar-refractivity contribution in [2.45, 2.75) is 25.8 Å². The zero-order chi connectivity index (χ0) is 21.4. The van der Waals surface area contributed by atoms with Crippen LogP contribution < -0.4 is 10.5 Å². The Labute approximate surface area is 176 Å². The number of rotatable bonds is 4. The van der Waals surface area contributed by atoms with E-state index in [2.05, 4.69) is 10.1 Å². The lowest BCUT2D eigenvalue weighted by molar-refractivity contribution is -0.118. The van der Waals surface area contributed by atoms with Crippen LogP contribution in [0.4, 0.5) is 10.1 Å². The van der Waals surface area contributed by atoms with Gasteiger partial charge in [0, 0.05) is 30.8 Å². The molecular formula is C23H19FN4O3. The van der Waals surface area contributed by atoms with Crippen molar-refractivity contribution in [3.8, 4) is 11.3 Å². The third kappa shape index (κ3) is 3.50. The number of fused-ring (bicyclic) bond motifs is 2. The molecule has 31 heavy (non-hydrogen) atoms. The molecule has 0 bridgehead atoms. The number of nitrogens with zero attached hydrogens (tertiary/aromatic N) is 4. The van der Waals surface area contributed by atoms with Crippen LogP contribution in [0, 0.1) is 5.82 Å². The molecule has 7 nitrogen and oxygen atoms in total. The number of hydrogen-bond acceptors (Lipinski definition) is 5. The fourth-order valence-corrected chi connectivity index (χ4v) is 3.99. The van der Waals surface area contributed by atoms with Crippen LogP contribution in [0.15, 0.2) is 64.2 Å². The van der Waals surface area contributed by atoms with E-state index in [0.29, 0.717) is 17.8 Å². The van der Waals surface area contributed by atoms with Crippen molar-refractivity contribution in [1.29, 1.82) is 0 Å². The highest BCUT2D eigenvalue weighted by molar-refractivity contribution is 5.94. The molecule has 0 saturated heterocycles. The van der Waals surface area contributed by atoms with Crippen LogP contribution in [0.2, 0.25) is 0 Å². The second-order valence-corrected chi connectivity index (χ2v) is 7.49. The van der Waals surface area contributed by atoms with Crippen molar-refractivity contribution in [1.82, 2.24) is 14.7 Å². The maximum absolute atomic E-state index is 13.2. The van der Waals surface area contributed by atoms with E-state index in [1.54, 1.807) is 4.90 Å². The molecule has 1 aliphatic rings. The van der Waals surface area contributed by atoms with Gasteiger partial charge >= 0.3 is 0 Å². The fourth-order valence-electron chi connectivity index (χ4n) is 3.99. The van der Waals surface area contributed by atoms with Gasteiger partial charge in [-0.05, 0) is 48.7 Å². The van der Waals surface area contributed by atoms with E-state index in [0.717, 1.165) is 24.1 Å². The predicted octanol–water partition coefficient (Wildman–Crippen LogP) is 3.56. The smallest absolute Gasteiger partial charge is 0.266 e. The van der Waals surface area contributed by atoms with Gasteiger partial charge in [-0.2, -0.15) is 0 Å². The molecule has 0 N–H and O–H groups in total. The molecule has 1 amide bonds. The van der Waals surface area contributed by atoms with Gasteiger partial charge in [0.05, 0.1) is 0 Å². The van der Waals surface area contributed by atoms with Crippen LogP contribution in [0.3, 0.4) is 0 Å². The van der Waals surface area contributed by atoms with Crippen molar-refractivity contribution in [3.05, 3.63) is 76.6 Å². The molecule has 0 atom stereocenters. The van der Waals surface area contributed by atoms with Gasteiger partial charge in [0.25, 0.3) is 11.3 Å². The molecule has 3 heterocycles. The Balaban J connectivity index is 1.41. The molecule has 0 spiro atoms. The van der Waals surface area contributed by atoms with Crippen molar-refractivity contribution >= 4 is 22.7 Å². The number of halogens is 1. The van der Waals surface area contributed by atoms with Gasteiger partial charge in [0.1, 0.15) is 23.2 Å². The van der Waals surface area contributed by atoms with Crippen LogP contribution in [-0.2, 0) is 17.8 Å². The summed E-state index contributed by atoms with van der Waals surface area (Å²) < 4.78 is 19.8. The largest absolute Gasteiger partial charge is 0.335 e. The first-order valence-electron chi connectivity index (χ1n) is 10.1. The summed E-state index contributed by atoms with van der Waals surface area (Å²) in [5.41, 5.74) is 2.72. The SMILES string of the molecule is O=C(CCn1cnc2onc(-c3ccc(F)cc3)c2c1=O)N1CCCc2ccccc21. The van der Waals surface area contributed by atoms with E-state index in [9.17, 15) is 14.0 Å². The third-order valence-electron chi connectivity index (χ3n) is 5.56. The number of hydrogen-bond donors (Lipinski definition) is 0. The van der Waals surface area contributed by atoms with Gasteiger partial charge in [0.15, 0.2) is 0 Å². The van der Waals surface area contributed by atoms with Crippen LogP contribution >= 0.6 is 0 Å². The number of benzene rings is 2. The molecule has 4 aromatic rings. The van der Waals surface area contributed by atoms with Crippen LogP contribution in [0.25, 0.3) is 22.4 Å². The van der Waals surface area contributed by atoms with E-state index >= 15 is 0 Å². The average Bonchev–Trinajstić information content (AvgIpc) is 3.23. The summed E-state index contributed by atoms with van der Waals surface area (Å²) in [6, 6.07) is 13.5. The van der Waals surface area contributed by atoms with E-state index in [4.69, 9.17) is 4.52 Å². The van der Waals surface area contributed by atoms with E-state index in [1.807, 2.05) is 24.3 Å². The van der Waals surface area contributed by atoms with Gasteiger partial charge in [-0.25, -0.2) is 9.37 Å². The second-order valence-electron chi connectivity index (χ2n) is 7.49. The molecular weight excluding hydrogens is 399 g/mol. The number of aryl methyl sites for hydroxylation is 2. The molecule has 0 fully saturated rings. The minimum absolute atomic E-state index is 0.0387. The minimum atomic E-state index is -0.384. The molecule has 2 aromatic carbocycles. The summed E-state index contributed by atoms with van der Waals surface area (Å²) in [5, 5.41) is 4.16.